The van der Waals surface area contributed by atoms with E-state index in [-0.39, 0.29) is 10.8 Å². The van der Waals surface area contributed by atoms with Crippen molar-refractivity contribution in [3.63, 3.8) is 0 Å². The molecule has 0 aromatic heterocycles. The molecule has 1 heterocycles. The highest BCUT2D eigenvalue weighted by atomic mass is 79.9. The molecule has 1 aliphatic carbocycles. The molecule has 2 aliphatic rings. The van der Waals surface area contributed by atoms with Gasteiger partial charge in [-0.05, 0) is 36.0 Å². The van der Waals surface area contributed by atoms with E-state index in [1.54, 1.807) is 0 Å². The third-order valence-corrected chi connectivity index (χ3v) is 6.20. The summed E-state index contributed by atoms with van der Waals surface area (Å²) in [5, 5.41) is 0.00401. The molecule has 1 atom stereocenters. The van der Waals surface area contributed by atoms with Crippen LogP contribution in [0.3, 0.4) is 0 Å². The van der Waals surface area contributed by atoms with E-state index in [0.29, 0.717) is 13.2 Å². The molecule has 21 heavy (non-hydrogen) atoms. The van der Waals surface area contributed by atoms with Crippen LogP contribution in [0.4, 0.5) is 0 Å². The number of ether oxygens (including phenoxy) is 2. The van der Waals surface area contributed by atoms with E-state index < -0.39 is 0 Å². The summed E-state index contributed by atoms with van der Waals surface area (Å²) in [5.74, 6) is 1.65. The van der Waals surface area contributed by atoms with E-state index >= 15 is 0 Å². The summed E-state index contributed by atoms with van der Waals surface area (Å²) in [6.45, 7) is 3.73. The molecular formula is C17H22BrClO2. The Morgan fingerprint density at radius 1 is 1.05 bits per heavy atom. The Hall–Kier alpha value is -0.410. The SMILES string of the molecule is CC1(C(Cl)c2cc3c(cc2Br)OCCCO3)CCCCC1. The van der Waals surface area contributed by atoms with Crippen molar-refractivity contribution < 1.29 is 9.47 Å². The Morgan fingerprint density at radius 3 is 2.33 bits per heavy atom. The van der Waals surface area contributed by atoms with Gasteiger partial charge in [-0.15, -0.1) is 11.6 Å². The zero-order valence-electron chi connectivity index (χ0n) is 12.5. The number of fused-ring (bicyclic) bond motifs is 1. The standard InChI is InChI=1S/C17H22BrClO2/c1-17(6-3-2-4-7-17)16(19)12-10-14-15(11-13(12)18)21-9-5-8-20-14/h10-11,16H,2-9H2,1H3. The first kappa shape index (κ1) is 15.5. The van der Waals surface area contributed by atoms with Gasteiger partial charge in [-0.1, -0.05) is 42.1 Å². The topological polar surface area (TPSA) is 18.5 Å². The summed E-state index contributed by atoms with van der Waals surface area (Å²) in [6.07, 6.45) is 7.21. The van der Waals surface area contributed by atoms with E-state index in [1.807, 2.05) is 6.07 Å². The maximum atomic E-state index is 6.89. The normalized spacial score (nSPS) is 22.4. The Balaban J connectivity index is 1.92. The number of rotatable bonds is 2. The zero-order valence-corrected chi connectivity index (χ0v) is 14.8. The fourth-order valence-electron chi connectivity index (χ4n) is 3.38. The van der Waals surface area contributed by atoms with Crippen LogP contribution in [0.2, 0.25) is 0 Å². The van der Waals surface area contributed by atoms with Crippen LogP contribution < -0.4 is 9.47 Å². The maximum absolute atomic E-state index is 6.89. The van der Waals surface area contributed by atoms with Crippen molar-refractivity contribution in [3.05, 3.63) is 22.2 Å². The van der Waals surface area contributed by atoms with Crippen molar-refractivity contribution in [2.75, 3.05) is 13.2 Å². The average molecular weight is 374 g/mol. The molecule has 0 amide bonds. The van der Waals surface area contributed by atoms with Gasteiger partial charge in [-0.25, -0.2) is 0 Å². The lowest BCUT2D eigenvalue weighted by Gasteiger charge is -2.38. The minimum atomic E-state index is 0.00401. The second-order valence-electron chi connectivity index (χ2n) is 6.45. The molecule has 1 saturated carbocycles. The van der Waals surface area contributed by atoms with Gasteiger partial charge < -0.3 is 9.47 Å². The molecule has 1 fully saturated rings. The van der Waals surface area contributed by atoms with Crippen molar-refractivity contribution in [1.29, 1.82) is 0 Å². The summed E-state index contributed by atoms with van der Waals surface area (Å²) in [7, 11) is 0. The van der Waals surface area contributed by atoms with Gasteiger partial charge in [-0.3, -0.25) is 0 Å². The summed E-state index contributed by atoms with van der Waals surface area (Å²) in [5.41, 5.74) is 1.30. The van der Waals surface area contributed by atoms with Gasteiger partial charge in [0.1, 0.15) is 0 Å². The lowest BCUT2D eigenvalue weighted by atomic mass is 9.71. The maximum Gasteiger partial charge on any atom is 0.162 e. The van der Waals surface area contributed by atoms with Crippen LogP contribution in [0.15, 0.2) is 16.6 Å². The molecule has 116 valence electrons. The van der Waals surface area contributed by atoms with E-state index in [9.17, 15) is 0 Å². The van der Waals surface area contributed by atoms with Gasteiger partial charge in [0, 0.05) is 10.9 Å². The van der Waals surface area contributed by atoms with E-state index in [2.05, 4.69) is 28.9 Å². The van der Waals surface area contributed by atoms with Crippen molar-refractivity contribution in [2.24, 2.45) is 5.41 Å². The Kier molecular flexibility index (Phi) is 4.70. The smallest absolute Gasteiger partial charge is 0.162 e. The number of alkyl halides is 1. The van der Waals surface area contributed by atoms with Crippen molar-refractivity contribution in [1.82, 2.24) is 0 Å². The minimum absolute atomic E-state index is 0.00401. The lowest BCUT2D eigenvalue weighted by molar-refractivity contribution is 0.206. The molecule has 1 aromatic rings. The monoisotopic (exact) mass is 372 g/mol. The quantitative estimate of drug-likeness (QED) is 0.604. The summed E-state index contributed by atoms with van der Waals surface area (Å²) >= 11 is 10.6. The van der Waals surface area contributed by atoms with Crippen LogP contribution in [0.25, 0.3) is 0 Å². The molecule has 0 radical (unpaired) electrons. The van der Waals surface area contributed by atoms with Crippen LogP contribution in [0, 0.1) is 5.41 Å². The third-order valence-electron chi connectivity index (χ3n) is 4.75. The first-order valence-corrected chi connectivity index (χ1v) is 9.06. The molecule has 0 N–H and O–H groups in total. The Bertz CT molecular complexity index is 512. The molecule has 2 nitrogen and oxygen atoms in total. The van der Waals surface area contributed by atoms with Gasteiger partial charge in [-0.2, -0.15) is 0 Å². The van der Waals surface area contributed by atoms with Gasteiger partial charge in [0.2, 0.25) is 0 Å². The van der Waals surface area contributed by atoms with E-state index in [4.69, 9.17) is 21.1 Å². The lowest BCUT2D eigenvalue weighted by Crippen LogP contribution is -2.25. The Morgan fingerprint density at radius 2 is 1.67 bits per heavy atom. The first-order valence-electron chi connectivity index (χ1n) is 7.83. The fourth-order valence-corrected chi connectivity index (χ4v) is 4.46. The van der Waals surface area contributed by atoms with Crippen LogP contribution in [-0.4, -0.2) is 13.2 Å². The third kappa shape index (κ3) is 3.19. The molecule has 0 spiro atoms. The number of hydrogen-bond donors (Lipinski definition) is 0. The molecule has 1 aromatic carbocycles. The molecule has 3 rings (SSSR count). The van der Waals surface area contributed by atoms with Crippen LogP contribution in [0.5, 0.6) is 11.5 Å². The zero-order chi connectivity index (χ0) is 14.9. The highest BCUT2D eigenvalue weighted by Crippen LogP contribution is 2.52. The molecule has 4 heteroatoms. The van der Waals surface area contributed by atoms with Crippen molar-refractivity contribution in [2.45, 2.75) is 50.8 Å². The second-order valence-corrected chi connectivity index (χ2v) is 7.74. The largest absolute Gasteiger partial charge is 0.490 e. The van der Waals surface area contributed by atoms with Crippen LogP contribution >= 0.6 is 27.5 Å². The van der Waals surface area contributed by atoms with Crippen LogP contribution in [-0.2, 0) is 0 Å². The van der Waals surface area contributed by atoms with Gasteiger partial charge in [0.15, 0.2) is 11.5 Å². The van der Waals surface area contributed by atoms with E-state index in [1.165, 1.54) is 32.1 Å². The second kappa shape index (κ2) is 6.37. The summed E-state index contributed by atoms with van der Waals surface area (Å²) in [4.78, 5) is 0. The van der Waals surface area contributed by atoms with E-state index in [0.717, 1.165) is 28.0 Å². The van der Waals surface area contributed by atoms with Gasteiger partial charge >= 0.3 is 0 Å². The van der Waals surface area contributed by atoms with Gasteiger partial charge in [0.25, 0.3) is 0 Å². The molecule has 1 unspecified atom stereocenters. The summed E-state index contributed by atoms with van der Waals surface area (Å²) in [6, 6.07) is 4.08. The number of hydrogen-bond acceptors (Lipinski definition) is 2. The van der Waals surface area contributed by atoms with Crippen molar-refractivity contribution >= 4 is 27.5 Å². The van der Waals surface area contributed by atoms with Gasteiger partial charge in [0.05, 0.1) is 18.6 Å². The number of benzene rings is 1. The highest BCUT2D eigenvalue weighted by molar-refractivity contribution is 9.10. The molecule has 0 bridgehead atoms. The summed E-state index contributed by atoms with van der Waals surface area (Å²) < 4.78 is 12.6. The average Bonchev–Trinajstić information content (AvgIpc) is 2.71. The Labute approximate surface area is 140 Å². The molecule has 0 saturated heterocycles. The molecule has 1 aliphatic heterocycles. The van der Waals surface area contributed by atoms with Crippen LogP contribution in [0.1, 0.15) is 56.4 Å². The van der Waals surface area contributed by atoms with Crippen molar-refractivity contribution in [3.8, 4) is 11.5 Å². The minimum Gasteiger partial charge on any atom is -0.490 e. The molecular weight excluding hydrogens is 352 g/mol. The predicted octanol–water partition coefficient (Wildman–Crippen LogP) is 5.86. The predicted molar refractivity (Wildman–Crippen MR) is 89.5 cm³/mol. The first-order chi connectivity index (χ1) is 10.1. The fraction of sp³-hybridized carbons (Fsp3) is 0.647. The highest BCUT2D eigenvalue weighted by Gasteiger charge is 2.36. The number of halogens is 2.